The minimum absolute atomic E-state index is 0.208. The van der Waals surface area contributed by atoms with Crippen LogP contribution in [0.2, 0.25) is 10.0 Å². The van der Waals surface area contributed by atoms with Gasteiger partial charge in [0, 0.05) is 53.0 Å². The smallest absolute Gasteiger partial charge is 0.218 e. The SMILES string of the molecule is COc1cc(-c2ncnc(-c3cccc(-c4ccc(CN[C@H]5C[C@H](O)C5)c(OC)n4)c3Cl)c2Cl)ccc1CN[C@H]1C[C@H](O)C1. The van der Waals surface area contributed by atoms with Crippen LogP contribution < -0.4 is 20.1 Å². The van der Waals surface area contributed by atoms with Gasteiger partial charge < -0.3 is 30.3 Å². The Bertz CT molecular complexity index is 1520. The number of halogens is 2. The Kier molecular flexibility index (Phi) is 9.32. The van der Waals surface area contributed by atoms with Gasteiger partial charge in [0.05, 0.1) is 53.6 Å². The Morgan fingerprint density at radius 2 is 1.41 bits per heavy atom. The zero-order valence-corrected chi connectivity index (χ0v) is 26.1. The number of aliphatic hydroxyl groups excluding tert-OH is 2. The van der Waals surface area contributed by atoms with Crippen LogP contribution in [0.1, 0.15) is 36.8 Å². The van der Waals surface area contributed by atoms with E-state index in [0.717, 1.165) is 53.7 Å². The van der Waals surface area contributed by atoms with E-state index in [1.807, 2.05) is 48.5 Å². The molecule has 0 bridgehead atoms. The number of methoxy groups -OCH3 is 2. The second-order valence-electron chi connectivity index (χ2n) is 11.3. The molecule has 6 rings (SSSR count). The second-order valence-corrected chi connectivity index (χ2v) is 12.1. The molecule has 9 nitrogen and oxygen atoms in total. The first-order valence-corrected chi connectivity index (χ1v) is 15.4. The van der Waals surface area contributed by atoms with Crippen LogP contribution in [-0.2, 0) is 13.1 Å². The number of hydrogen-bond donors (Lipinski definition) is 4. The van der Waals surface area contributed by atoms with E-state index in [2.05, 4.69) is 20.6 Å². The van der Waals surface area contributed by atoms with Gasteiger partial charge in [0.1, 0.15) is 12.1 Å². The summed E-state index contributed by atoms with van der Waals surface area (Å²) in [5.74, 6) is 1.23. The monoisotopic (exact) mass is 635 g/mol. The van der Waals surface area contributed by atoms with Gasteiger partial charge in [-0.15, -0.1) is 0 Å². The van der Waals surface area contributed by atoms with Gasteiger partial charge >= 0.3 is 0 Å². The molecule has 2 aromatic heterocycles. The lowest BCUT2D eigenvalue weighted by molar-refractivity contribution is 0.0615. The Morgan fingerprint density at radius 3 is 2.07 bits per heavy atom. The maximum Gasteiger partial charge on any atom is 0.218 e. The molecule has 44 heavy (non-hydrogen) atoms. The van der Waals surface area contributed by atoms with Crippen molar-refractivity contribution in [3.05, 3.63) is 76.0 Å². The zero-order valence-electron chi connectivity index (χ0n) is 24.6. The Balaban J connectivity index is 1.25. The molecule has 0 spiro atoms. The molecule has 4 N–H and O–H groups in total. The van der Waals surface area contributed by atoms with E-state index in [1.54, 1.807) is 14.2 Å². The fourth-order valence-corrected chi connectivity index (χ4v) is 6.28. The van der Waals surface area contributed by atoms with Gasteiger partial charge in [0.25, 0.3) is 0 Å². The zero-order chi connectivity index (χ0) is 30.8. The van der Waals surface area contributed by atoms with Crippen LogP contribution in [0.5, 0.6) is 11.6 Å². The van der Waals surface area contributed by atoms with Gasteiger partial charge in [-0.3, -0.25) is 0 Å². The number of rotatable bonds is 11. The first-order valence-electron chi connectivity index (χ1n) is 14.7. The third-order valence-corrected chi connectivity index (χ3v) is 9.17. The number of benzene rings is 2. The molecule has 11 heteroatoms. The molecule has 2 aromatic carbocycles. The number of aliphatic hydroxyl groups is 2. The molecular formula is C33H35Cl2N5O4. The lowest BCUT2D eigenvalue weighted by Crippen LogP contribution is -2.43. The van der Waals surface area contributed by atoms with Gasteiger partial charge in [-0.05, 0) is 37.8 Å². The minimum Gasteiger partial charge on any atom is -0.496 e. The number of aromatic nitrogens is 3. The summed E-state index contributed by atoms with van der Waals surface area (Å²) >= 11 is 14.0. The number of pyridine rings is 1. The van der Waals surface area contributed by atoms with Crippen molar-refractivity contribution in [3.63, 3.8) is 0 Å². The van der Waals surface area contributed by atoms with E-state index in [1.165, 1.54) is 6.33 Å². The molecule has 2 heterocycles. The second kappa shape index (κ2) is 13.4. The van der Waals surface area contributed by atoms with Crippen LogP contribution >= 0.6 is 23.2 Å². The molecule has 0 amide bonds. The maximum absolute atomic E-state index is 9.57. The third kappa shape index (κ3) is 6.40. The fraction of sp³-hybridized carbons (Fsp3) is 0.364. The molecule has 2 aliphatic rings. The number of nitrogens with zero attached hydrogens (tertiary/aromatic N) is 3. The predicted octanol–water partition coefficient (Wildman–Crippen LogP) is 5.42. The van der Waals surface area contributed by atoms with E-state index in [9.17, 15) is 10.2 Å². The van der Waals surface area contributed by atoms with Crippen molar-refractivity contribution >= 4 is 23.2 Å². The summed E-state index contributed by atoms with van der Waals surface area (Å²) in [7, 11) is 3.24. The van der Waals surface area contributed by atoms with Crippen molar-refractivity contribution in [2.45, 2.75) is 63.1 Å². The van der Waals surface area contributed by atoms with Crippen LogP contribution in [-0.4, -0.2) is 63.7 Å². The average Bonchev–Trinajstić information content (AvgIpc) is 3.00. The molecule has 0 atom stereocenters. The highest BCUT2D eigenvalue weighted by molar-refractivity contribution is 6.38. The topological polar surface area (TPSA) is 122 Å². The summed E-state index contributed by atoms with van der Waals surface area (Å²) in [6.07, 6.45) is 4.10. The van der Waals surface area contributed by atoms with Crippen molar-refractivity contribution in [1.29, 1.82) is 0 Å². The summed E-state index contributed by atoms with van der Waals surface area (Å²) in [6, 6.07) is 16.1. The molecular weight excluding hydrogens is 601 g/mol. The standard InChI is InChI=1S/C33H35Cl2N5O4/c1-43-28-10-18(6-7-19(28)15-36-21-11-23(41)12-21)31-30(35)32(39-17-38-31)26-5-3-4-25(29(26)34)27-9-8-20(33(40-27)44-2)16-37-22-13-24(42)14-22/h3-10,17,21-24,36-37,41-42H,11-16H2,1-2H3/t21-,22-,23-,24-. The first kappa shape index (κ1) is 30.7. The van der Waals surface area contributed by atoms with Crippen molar-refractivity contribution < 1.29 is 19.7 Å². The van der Waals surface area contributed by atoms with Crippen LogP contribution in [0.25, 0.3) is 33.8 Å². The largest absolute Gasteiger partial charge is 0.496 e. The van der Waals surface area contributed by atoms with Gasteiger partial charge in [0.2, 0.25) is 5.88 Å². The van der Waals surface area contributed by atoms with E-state index in [0.29, 0.717) is 63.7 Å². The van der Waals surface area contributed by atoms with Gasteiger partial charge in [-0.2, -0.15) is 0 Å². The maximum atomic E-state index is 9.57. The lowest BCUT2D eigenvalue weighted by Gasteiger charge is -2.32. The summed E-state index contributed by atoms with van der Waals surface area (Å²) in [5, 5.41) is 26.9. The van der Waals surface area contributed by atoms with E-state index >= 15 is 0 Å². The van der Waals surface area contributed by atoms with Crippen molar-refractivity contribution in [2.75, 3.05) is 14.2 Å². The average molecular weight is 637 g/mol. The van der Waals surface area contributed by atoms with Crippen LogP contribution in [0, 0.1) is 0 Å². The van der Waals surface area contributed by atoms with Crippen molar-refractivity contribution in [3.8, 4) is 45.4 Å². The highest BCUT2D eigenvalue weighted by atomic mass is 35.5. The number of nitrogens with one attached hydrogen (secondary N) is 2. The summed E-state index contributed by atoms with van der Waals surface area (Å²) in [6.45, 7) is 1.22. The lowest BCUT2D eigenvalue weighted by atomic mass is 9.89. The van der Waals surface area contributed by atoms with Crippen LogP contribution in [0.15, 0.2) is 54.9 Å². The Labute approximate surface area is 266 Å². The molecule has 2 aliphatic carbocycles. The highest BCUT2D eigenvalue weighted by Crippen LogP contribution is 2.41. The molecule has 2 saturated carbocycles. The Hall–Kier alpha value is -3.31. The molecule has 0 saturated heterocycles. The number of ether oxygens (including phenoxy) is 2. The van der Waals surface area contributed by atoms with E-state index < -0.39 is 0 Å². The number of hydrogen-bond acceptors (Lipinski definition) is 9. The first-order chi connectivity index (χ1) is 21.3. The summed E-state index contributed by atoms with van der Waals surface area (Å²) in [4.78, 5) is 13.8. The molecule has 230 valence electrons. The predicted molar refractivity (Wildman–Crippen MR) is 171 cm³/mol. The van der Waals surface area contributed by atoms with Gasteiger partial charge in [-0.1, -0.05) is 59.6 Å². The fourth-order valence-electron chi connectivity index (χ4n) is 5.66. The van der Waals surface area contributed by atoms with Crippen LogP contribution in [0.3, 0.4) is 0 Å². The van der Waals surface area contributed by atoms with Gasteiger partial charge in [-0.25, -0.2) is 15.0 Å². The third-order valence-electron chi connectivity index (χ3n) is 8.40. The molecule has 0 unspecified atom stereocenters. The van der Waals surface area contributed by atoms with Crippen molar-refractivity contribution in [1.82, 2.24) is 25.6 Å². The van der Waals surface area contributed by atoms with E-state index in [-0.39, 0.29) is 12.2 Å². The molecule has 4 aromatic rings. The summed E-state index contributed by atoms with van der Waals surface area (Å²) in [5.41, 5.74) is 5.82. The molecule has 0 aliphatic heterocycles. The quantitative estimate of drug-likeness (QED) is 0.171. The van der Waals surface area contributed by atoms with Crippen LogP contribution in [0.4, 0.5) is 0 Å². The van der Waals surface area contributed by atoms with E-state index in [4.69, 9.17) is 37.7 Å². The molecule has 2 fully saturated rings. The normalized spacial score (nSPS) is 21.0. The van der Waals surface area contributed by atoms with Crippen molar-refractivity contribution in [2.24, 2.45) is 0 Å². The highest BCUT2D eigenvalue weighted by Gasteiger charge is 2.28. The van der Waals surface area contributed by atoms with Gasteiger partial charge in [0.15, 0.2) is 0 Å². The Morgan fingerprint density at radius 1 is 0.773 bits per heavy atom. The minimum atomic E-state index is -0.215. The molecule has 0 radical (unpaired) electrons. The summed E-state index contributed by atoms with van der Waals surface area (Å²) < 4.78 is 11.3.